The predicted molar refractivity (Wildman–Crippen MR) is 36.3 cm³/mol. The smallest absolute Gasteiger partial charge is 0.00552 e. The second-order valence-electron chi connectivity index (χ2n) is 1.25. The fourth-order valence-electron chi connectivity index (χ4n) is 0.262. The molecular weight excluding hydrogens is 106 g/mol. The van der Waals surface area contributed by atoms with Gasteiger partial charge in [0.05, 0.1) is 0 Å². The topological polar surface area (TPSA) is 12.0 Å². The second-order valence-corrected chi connectivity index (χ2v) is 2.30. The quantitative estimate of drug-likeness (QED) is 0.587. The number of allylic oxidation sites excluding steroid dienone is 1. The normalized spacial score (nSPS) is 11.6. The monoisotopic (exact) mass is 117 g/mol. The van der Waals surface area contributed by atoms with Crippen LogP contribution in [0.2, 0.25) is 0 Å². The third-order valence-electron chi connectivity index (χ3n) is 0.670. The fraction of sp³-hybridized carbons (Fsp3) is 0.600. The highest BCUT2D eigenvalue weighted by atomic mass is 32.2. The minimum atomic E-state index is 1.31. The lowest BCUT2D eigenvalue weighted by Gasteiger charge is -1.90. The van der Waals surface area contributed by atoms with Crippen molar-refractivity contribution in [2.75, 3.05) is 13.3 Å². The van der Waals surface area contributed by atoms with Crippen LogP contribution in [0.25, 0.3) is 0 Å². The van der Waals surface area contributed by atoms with E-state index in [0.717, 1.165) is 0 Å². The molecule has 0 aromatic carbocycles. The summed E-state index contributed by atoms with van der Waals surface area (Å²) in [6.45, 7) is 2.07. The lowest BCUT2D eigenvalue weighted by Crippen LogP contribution is -1.91. The van der Waals surface area contributed by atoms with Gasteiger partial charge >= 0.3 is 0 Å². The Labute approximate surface area is 49.2 Å². The van der Waals surface area contributed by atoms with Gasteiger partial charge in [-0.2, -0.15) is 0 Å². The molecule has 0 radical (unpaired) electrons. The van der Waals surface area contributed by atoms with E-state index in [-0.39, 0.29) is 0 Å². The molecular formula is C5H11NS. The fourth-order valence-corrected chi connectivity index (χ4v) is 0.498. The molecule has 0 atom stereocenters. The Bertz CT molecular complexity index is 68.5. The molecule has 0 aromatic heterocycles. The van der Waals surface area contributed by atoms with Gasteiger partial charge in [-0.1, -0.05) is 0 Å². The van der Waals surface area contributed by atoms with Crippen LogP contribution in [0.4, 0.5) is 0 Å². The minimum absolute atomic E-state index is 1.31. The van der Waals surface area contributed by atoms with Crippen molar-refractivity contribution in [1.29, 1.82) is 0 Å². The molecule has 0 unspecified atom stereocenters. The maximum Gasteiger partial charge on any atom is 0.00552 e. The maximum absolute atomic E-state index is 2.94. The van der Waals surface area contributed by atoms with E-state index in [1.165, 1.54) is 4.91 Å². The van der Waals surface area contributed by atoms with Gasteiger partial charge in [-0.25, -0.2) is 0 Å². The van der Waals surface area contributed by atoms with Gasteiger partial charge < -0.3 is 5.32 Å². The predicted octanol–water partition coefficient (Wildman–Crippen LogP) is 1.43. The van der Waals surface area contributed by atoms with Crippen LogP contribution in [0.15, 0.2) is 11.1 Å². The van der Waals surface area contributed by atoms with Crippen molar-refractivity contribution < 1.29 is 0 Å². The van der Waals surface area contributed by atoms with Gasteiger partial charge in [0.25, 0.3) is 0 Å². The molecule has 0 spiro atoms. The first kappa shape index (κ1) is 6.89. The van der Waals surface area contributed by atoms with Crippen LogP contribution in [0.3, 0.4) is 0 Å². The van der Waals surface area contributed by atoms with Gasteiger partial charge in [0.1, 0.15) is 0 Å². The second kappa shape index (κ2) is 4.06. The van der Waals surface area contributed by atoms with Crippen molar-refractivity contribution in [2.24, 2.45) is 0 Å². The summed E-state index contributed by atoms with van der Waals surface area (Å²) in [6, 6.07) is 0. The Kier molecular flexibility index (Phi) is 4.00. The number of thioether (sulfide) groups is 1. The van der Waals surface area contributed by atoms with Crippen LogP contribution in [0, 0.1) is 0 Å². The summed E-state index contributed by atoms with van der Waals surface area (Å²) in [4.78, 5) is 1.31. The first-order chi connectivity index (χ1) is 3.31. The highest BCUT2D eigenvalue weighted by Crippen LogP contribution is 2.06. The van der Waals surface area contributed by atoms with E-state index < -0.39 is 0 Å². The third kappa shape index (κ3) is 3.73. The van der Waals surface area contributed by atoms with E-state index in [4.69, 9.17) is 0 Å². The van der Waals surface area contributed by atoms with Gasteiger partial charge in [-0.15, -0.1) is 11.8 Å². The molecule has 0 fully saturated rings. The number of hydrogen-bond acceptors (Lipinski definition) is 2. The van der Waals surface area contributed by atoms with Gasteiger partial charge in [-0.05, 0) is 18.1 Å². The van der Waals surface area contributed by atoms with Crippen molar-refractivity contribution >= 4 is 11.8 Å². The number of hydrogen-bond donors (Lipinski definition) is 1. The summed E-state index contributed by atoms with van der Waals surface area (Å²) in [5.41, 5.74) is 0. The molecule has 0 aromatic rings. The third-order valence-corrected chi connectivity index (χ3v) is 1.43. The summed E-state index contributed by atoms with van der Waals surface area (Å²) in [7, 11) is 1.90. The van der Waals surface area contributed by atoms with Crippen molar-refractivity contribution in [1.82, 2.24) is 5.32 Å². The summed E-state index contributed by atoms with van der Waals surface area (Å²) < 4.78 is 0. The van der Waals surface area contributed by atoms with E-state index in [9.17, 15) is 0 Å². The zero-order chi connectivity index (χ0) is 5.70. The van der Waals surface area contributed by atoms with Crippen LogP contribution in [0.1, 0.15) is 6.92 Å². The van der Waals surface area contributed by atoms with Crippen molar-refractivity contribution in [3.8, 4) is 0 Å². The van der Waals surface area contributed by atoms with Crippen LogP contribution < -0.4 is 5.32 Å². The number of nitrogens with one attached hydrogen (secondary N) is 1. The molecule has 0 aliphatic carbocycles. The summed E-state index contributed by atoms with van der Waals surface area (Å²) in [5, 5.41) is 2.94. The van der Waals surface area contributed by atoms with Crippen LogP contribution in [-0.4, -0.2) is 13.3 Å². The van der Waals surface area contributed by atoms with Crippen molar-refractivity contribution in [3.05, 3.63) is 11.1 Å². The Morgan fingerprint density at radius 3 is 2.43 bits per heavy atom. The van der Waals surface area contributed by atoms with E-state index in [0.29, 0.717) is 0 Å². The highest BCUT2D eigenvalue weighted by Gasteiger charge is 1.76. The molecule has 42 valence electrons. The summed E-state index contributed by atoms with van der Waals surface area (Å²) in [5.74, 6) is 0. The van der Waals surface area contributed by atoms with Gasteiger partial charge in [0, 0.05) is 13.2 Å². The van der Waals surface area contributed by atoms with Crippen molar-refractivity contribution in [2.45, 2.75) is 6.92 Å². The Morgan fingerprint density at radius 1 is 1.71 bits per heavy atom. The molecule has 0 rings (SSSR count). The lowest BCUT2D eigenvalue weighted by molar-refractivity contribution is 1.09. The molecule has 0 amide bonds. The molecule has 0 saturated carbocycles. The molecule has 1 N–H and O–H groups in total. The zero-order valence-corrected chi connectivity index (χ0v) is 5.80. The molecule has 0 aliphatic heterocycles. The molecule has 0 aliphatic rings. The largest absolute Gasteiger partial charge is 0.393 e. The van der Waals surface area contributed by atoms with Gasteiger partial charge in [0.2, 0.25) is 0 Å². The summed E-state index contributed by atoms with van der Waals surface area (Å²) >= 11 is 1.75. The zero-order valence-electron chi connectivity index (χ0n) is 4.99. The van der Waals surface area contributed by atoms with Crippen LogP contribution in [0.5, 0.6) is 0 Å². The van der Waals surface area contributed by atoms with E-state index in [1.807, 2.05) is 13.2 Å². The Balaban J connectivity index is 3.29. The lowest BCUT2D eigenvalue weighted by atomic mass is 10.7. The first-order valence-corrected chi connectivity index (χ1v) is 3.41. The van der Waals surface area contributed by atoms with E-state index >= 15 is 0 Å². The Morgan fingerprint density at radius 2 is 2.29 bits per heavy atom. The van der Waals surface area contributed by atoms with Gasteiger partial charge in [0.15, 0.2) is 0 Å². The van der Waals surface area contributed by atoms with Crippen molar-refractivity contribution in [3.63, 3.8) is 0 Å². The van der Waals surface area contributed by atoms with E-state index in [1.54, 1.807) is 11.8 Å². The maximum atomic E-state index is 2.94. The molecule has 7 heavy (non-hydrogen) atoms. The average molecular weight is 117 g/mol. The molecule has 0 saturated heterocycles. The Hall–Kier alpha value is -0.110. The van der Waals surface area contributed by atoms with Crippen LogP contribution in [-0.2, 0) is 0 Å². The standard InChI is InChI=1S/C5H11NS/c1-5(7-3)4-6-2/h4,6H,1-3H3/b5-4-. The molecule has 0 heterocycles. The van der Waals surface area contributed by atoms with Crippen LogP contribution >= 0.6 is 11.8 Å². The minimum Gasteiger partial charge on any atom is -0.393 e. The molecule has 0 bridgehead atoms. The SMILES string of the molecule is CN/C=C(/C)SC. The molecule has 2 heteroatoms. The highest BCUT2D eigenvalue weighted by molar-refractivity contribution is 8.02. The average Bonchev–Trinajstić information content (AvgIpc) is 1.68. The molecule has 1 nitrogen and oxygen atoms in total. The van der Waals surface area contributed by atoms with E-state index in [2.05, 4.69) is 18.5 Å². The first-order valence-electron chi connectivity index (χ1n) is 2.19. The number of rotatable bonds is 2. The summed E-state index contributed by atoms with van der Waals surface area (Å²) in [6.07, 6.45) is 4.04. The van der Waals surface area contributed by atoms with Gasteiger partial charge in [-0.3, -0.25) is 0 Å².